The van der Waals surface area contributed by atoms with Gasteiger partial charge in [-0.2, -0.15) is 0 Å². The first-order valence-corrected chi connectivity index (χ1v) is 19.2. The molecule has 0 bridgehead atoms. The van der Waals surface area contributed by atoms with Gasteiger partial charge in [-0.15, -0.1) is 0 Å². The van der Waals surface area contributed by atoms with Crippen LogP contribution in [0.25, 0.3) is 11.4 Å². The highest BCUT2D eigenvalue weighted by molar-refractivity contribution is 6.76. The summed E-state index contributed by atoms with van der Waals surface area (Å²) in [6.45, 7) is 19.0. The third-order valence-electron chi connectivity index (χ3n) is 7.63. The number of ether oxygens (including phenoxy) is 2. The van der Waals surface area contributed by atoms with Crippen molar-refractivity contribution < 1.29 is 14.3 Å². The molecule has 1 aromatic carbocycles. The van der Waals surface area contributed by atoms with E-state index in [4.69, 9.17) is 19.4 Å². The van der Waals surface area contributed by atoms with Gasteiger partial charge in [-0.1, -0.05) is 59.0 Å². The van der Waals surface area contributed by atoms with Gasteiger partial charge in [-0.25, -0.2) is 9.97 Å². The van der Waals surface area contributed by atoms with Gasteiger partial charge in [0.25, 0.3) is 0 Å². The van der Waals surface area contributed by atoms with Crippen LogP contribution in [0.2, 0.25) is 25.7 Å². The van der Waals surface area contributed by atoms with Gasteiger partial charge in [-0.3, -0.25) is 4.79 Å². The van der Waals surface area contributed by atoms with E-state index in [0.717, 1.165) is 80.1 Å². The van der Waals surface area contributed by atoms with Crippen molar-refractivity contribution in [2.75, 3.05) is 49.2 Å². The lowest BCUT2D eigenvalue weighted by atomic mass is 10.1. The van der Waals surface area contributed by atoms with Crippen molar-refractivity contribution in [3.05, 3.63) is 60.0 Å². The number of carbonyl (C=O) groups is 1. The number of aromatic nitrogens is 3. The molecular weight excluding hydrogens is 542 g/mol. The van der Waals surface area contributed by atoms with E-state index in [0.29, 0.717) is 25.7 Å². The Bertz CT molecular complexity index is 1260. The molecule has 1 aliphatic heterocycles. The number of hydrogen-bond acceptors (Lipinski definition) is 7. The first kappa shape index (κ1) is 31.8. The maximum Gasteiger partial charge on any atom is 0.310 e. The molecule has 1 saturated heterocycles. The highest BCUT2D eigenvalue weighted by Gasteiger charge is 2.20. The molecule has 3 heterocycles. The zero-order chi connectivity index (χ0) is 30.1. The van der Waals surface area contributed by atoms with Gasteiger partial charge in [0, 0.05) is 64.5 Å². The molecule has 2 aromatic heterocycles. The summed E-state index contributed by atoms with van der Waals surface area (Å²) in [4.78, 5) is 26.5. The minimum absolute atomic E-state index is 0.154. The van der Waals surface area contributed by atoms with E-state index in [1.54, 1.807) is 0 Å². The summed E-state index contributed by atoms with van der Waals surface area (Å²) in [5.74, 6) is 2.09. The van der Waals surface area contributed by atoms with Gasteiger partial charge >= 0.3 is 5.97 Å². The number of carbonyl (C=O) groups excluding carboxylic acids is 1. The molecule has 0 unspecified atom stereocenters. The molecule has 0 amide bonds. The van der Waals surface area contributed by atoms with Gasteiger partial charge in [0.05, 0.1) is 18.7 Å². The fourth-order valence-electron chi connectivity index (χ4n) is 4.86. The van der Waals surface area contributed by atoms with Crippen molar-refractivity contribution in [2.24, 2.45) is 0 Å². The summed E-state index contributed by atoms with van der Waals surface area (Å²) in [7, 11) is -1.13. The van der Waals surface area contributed by atoms with Crippen molar-refractivity contribution in [2.45, 2.75) is 78.4 Å². The molecule has 0 radical (unpaired) electrons. The number of benzene rings is 1. The second-order valence-electron chi connectivity index (χ2n) is 12.8. The number of nitrogens with zero attached hydrogens (tertiary/aromatic N) is 5. The number of imidazole rings is 1. The zero-order valence-electron chi connectivity index (χ0n) is 26.4. The minimum Gasteiger partial charge on any atom is -0.465 e. The molecule has 42 heavy (non-hydrogen) atoms. The normalized spacial score (nSPS) is 14.1. The highest BCUT2D eigenvalue weighted by Crippen LogP contribution is 2.25. The fraction of sp³-hybridized carbons (Fsp3) is 0.545. The van der Waals surface area contributed by atoms with Gasteiger partial charge < -0.3 is 23.8 Å². The van der Waals surface area contributed by atoms with Crippen molar-refractivity contribution in [3.63, 3.8) is 0 Å². The highest BCUT2D eigenvalue weighted by atomic mass is 28.3. The van der Waals surface area contributed by atoms with E-state index in [1.165, 1.54) is 5.69 Å². The average molecular weight is 592 g/mol. The molecule has 0 spiro atoms. The van der Waals surface area contributed by atoms with Crippen LogP contribution in [0.3, 0.4) is 0 Å². The molecule has 1 aliphatic rings. The largest absolute Gasteiger partial charge is 0.465 e. The third kappa shape index (κ3) is 9.16. The van der Waals surface area contributed by atoms with Crippen LogP contribution in [0.15, 0.2) is 48.8 Å². The number of hydrogen-bond donors (Lipinski definition) is 0. The molecule has 0 saturated carbocycles. The van der Waals surface area contributed by atoms with E-state index < -0.39 is 8.07 Å². The van der Waals surface area contributed by atoms with Gasteiger partial charge in [0.15, 0.2) is 0 Å². The summed E-state index contributed by atoms with van der Waals surface area (Å²) in [6.07, 6.45) is 6.32. The SMILES string of the molecule is CCCCOC(=O)Cc1ccc(N2CCN(c3ccc(-c4nc(C(C)C)cn4COCC[Si](C)(C)C)cn3)CC2)cc1. The van der Waals surface area contributed by atoms with Crippen LogP contribution in [0.4, 0.5) is 11.5 Å². The predicted octanol–water partition coefficient (Wildman–Crippen LogP) is 6.59. The first-order valence-electron chi connectivity index (χ1n) is 15.5. The number of unbranched alkanes of at least 4 members (excludes halogenated alkanes) is 1. The molecule has 8 nitrogen and oxygen atoms in total. The zero-order valence-corrected chi connectivity index (χ0v) is 27.4. The van der Waals surface area contributed by atoms with Crippen molar-refractivity contribution in [1.29, 1.82) is 0 Å². The van der Waals surface area contributed by atoms with E-state index >= 15 is 0 Å². The standard InChI is InChI=1S/C33H49N5O3Si/c1-7-8-19-41-32(39)22-27-9-12-29(13-10-27)36-15-17-37(18-16-36)31-14-11-28(23-34-31)33-35-30(26(2)3)24-38(33)25-40-20-21-42(4,5)6/h9-14,23-24,26H,7-8,15-22,25H2,1-6H3. The third-order valence-corrected chi connectivity index (χ3v) is 9.34. The molecule has 228 valence electrons. The number of piperazine rings is 1. The van der Waals surface area contributed by atoms with Gasteiger partial charge in [-0.05, 0) is 48.2 Å². The molecule has 3 aromatic rings. The van der Waals surface area contributed by atoms with Crippen LogP contribution >= 0.6 is 0 Å². The molecule has 0 N–H and O–H groups in total. The minimum atomic E-state index is -1.13. The summed E-state index contributed by atoms with van der Waals surface area (Å²) < 4.78 is 13.5. The Balaban J connectivity index is 1.32. The summed E-state index contributed by atoms with van der Waals surface area (Å²) in [6, 6.07) is 13.7. The smallest absolute Gasteiger partial charge is 0.310 e. The Hall–Kier alpha value is -3.17. The van der Waals surface area contributed by atoms with Crippen LogP contribution in [0.1, 0.15) is 50.8 Å². The lowest BCUT2D eigenvalue weighted by molar-refractivity contribution is -0.142. The second-order valence-corrected chi connectivity index (χ2v) is 18.4. The Morgan fingerprint density at radius 3 is 2.31 bits per heavy atom. The molecule has 1 fully saturated rings. The van der Waals surface area contributed by atoms with E-state index in [9.17, 15) is 4.79 Å². The van der Waals surface area contributed by atoms with Gasteiger partial charge in [0.2, 0.25) is 0 Å². The van der Waals surface area contributed by atoms with Crippen LogP contribution in [0, 0.1) is 0 Å². The number of pyridine rings is 1. The van der Waals surface area contributed by atoms with Crippen molar-refractivity contribution in [3.8, 4) is 11.4 Å². The average Bonchev–Trinajstić information content (AvgIpc) is 3.40. The van der Waals surface area contributed by atoms with Crippen molar-refractivity contribution in [1.82, 2.24) is 14.5 Å². The molecule has 0 atom stereocenters. The lowest BCUT2D eigenvalue weighted by Gasteiger charge is -2.36. The van der Waals surface area contributed by atoms with Crippen LogP contribution < -0.4 is 9.80 Å². The first-order chi connectivity index (χ1) is 20.1. The van der Waals surface area contributed by atoms with E-state index in [2.05, 4.69) is 85.2 Å². The van der Waals surface area contributed by atoms with Crippen LogP contribution in [-0.4, -0.2) is 68.0 Å². The fourth-order valence-corrected chi connectivity index (χ4v) is 5.61. The molecule has 4 rings (SSSR count). The summed E-state index contributed by atoms with van der Waals surface area (Å²) in [5.41, 5.74) is 4.25. The van der Waals surface area contributed by atoms with E-state index in [1.807, 2.05) is 18.3 Å². The Morgan fingerprint density at radius 2 is 1.69 bits per heavy atom. The number of anilines is 2. The Labute approximate surface area is 253 Å². The topological polar surface area (TPSA) is 72.7 Å². The number of rotatable bonds is 14. The summed E-state index contributed by atoms with van der Waals surface area (Å²) in [5, 5.41) is 0. The summed E-state index contributed by atoms with van der Waals surface area (Å²) >= 11 is 0. The quantitative estimate of drug-likeness (QED) is 0.119. The molecule has 0 aliphatic carbocycles. The Morgan fingerprint density at radius 1 is 0.976 bits per heavy atom. The van der Waals surface area contributed by atoms with Crippen LogP contribution in [-0.2, 0) is 27.4 Å². The van der Waals surface area contributed by atoms with Crippen LogP contribution in [0.5, 0.6) is 0 Å². The second kappa shape index (κ2) is 14.8. The molecule has 9 heteroatoms. The Kier molecular flexibility index (Phi) is 11.2. The monoisotopic (exact) mass is 591 g/mol. The lowest BCUT2D eigenvalue weighted by Crippen LogP contribution is -2.46. The van der Waals surface area contributed by atoms with Crippen molar-refractivity contribution >= 4 is 25.5 Å². The predicted molar refractivity (Wildman–Crippen MR) is 174 cm³/mol. The van der Waals surface area contributed by atoms with E-state index in [-0.39, 0.29) is 5.97 Å². The van der Waals surface area contributed by atoms with Gasteiger partial charge in [0.1, 0.15) is 18.4 Å². The maximum atomic E-state index is 12.0. The maximum absolute atomic E-state index is 12.0. The molecular formula is C33H49N5O3Si. The number of esters is 1.